The van der Waals surface area contributed by atoms with Crippen molar-refractivity contribution in [3.63, 3.8) is 0 Å². The number of thioether (sulfide) groups is 1. The zero-order chi connectivity index (χ0) is 23.8. The Balaban J connectivity index is 1.52. The summed E-state index contributed by atoms with van der Waals surface area (Å²) in [5.74, 6) is -0.993. The summed E-state index contributed by atoms with van der Waals surface area (Å²) in [4.78, 5) is 30.7. The van der Waals surface area contributed by atoms with E-state index < -0.39 is 16.0 Å². The second kappa shape index (κ2) is 9.25. The van der Waals surface area contributed by atoms with Gasteiger partial charge in [-0.2, -0.15) is 23.5 Å². The molecule has 1 aromatic carbocycles. The Hall–Kier alpha value is -2.74. The van der Waals surface area contributed by atoms with E-state index in [-0.39, 0.29) is 39.7 Å². The number of ether oxygens (including phenoxy) is 1. The van der Waals surface area contributed by atoms with Crippen molar-refractivity contribution in [2.75, 3.05) is 32.6 Å². The molecule has 1 N–H and O–H groups in total. The molecule has 0 atom stereocenters. The van der Waals surface area contributed by atoms with E-state index in [1.807, 2.05) is 0 Å². The van der Waals surface area contributed by atoms with Crippen LogP contribution in [0, 0.1) is 5.41 Å². The SMILES string of the molecule is CS(=O)(=O)Oc1ccc(C=C2C(=N)N3N=C(CC(=O)N4CCOCC4)SC3=NC2=O)cc1Cl. The molecule has 0 saturated carbocycles. The zero-order valence-electron chi connectivity index (χ0n) is 17.3. The lowest BCUT2D eigenvalue weighted by Crippen LogP contribution is -2.41. The van der Waals surface area contributed by atoms with Crippen molar-refractivity contribution < 1.29 is 26.9 Å². The molecule has 3 aliphatic rings. The molecule has 14 heteroatoms. The number of amidine groups is 2. The van der Waals surface area contributed by atoms with Crippen molar-refractivity contribution in [3.05, 3.63) is 34.4 Å². The lowest BCUT2D eigenvalue weighted by molar-refractivity contribution is -0.133. The maximum absolute atomic E-state index is 12.6. The fourth-order valence-electron chi connectivity index (χ4n) is 3.16. The van der Waals surface area contributed by atoms with Crippen LogP contribution in [0.15, 0.2) is 33.9 Å². The first kappa shape index (κ1) is 23.4. The number of fused-ring (bicyclic) bond motifs is 1. The number of morpholine rings is 1. The van der Waals surface area contributed by atoms with Gasteiger partial charge in [-0.05, 0) is 35.5 Å². The number of halogens is 1. The molecule has 1 fully saturated rings. The van der Waals surface area contributed by atoms with Crippen LogP contribution in [-0.2, 0) is 24.4 Å². The van der Waals surface area contributed by atoms with E-state index in [9.17, 15) is 18.0 Å². The first-order valence-corrected chi connectivity index (χ1v) is 12.7. The van der Waals surface area contributed by atoms with Crippen LogP contribution in [0.4, 0.5) is 0 Å². The highest BCUT2D eigenvalue weighted by Crippen LogP contribution is 2.31. The molecule has 33 heavy (non-hydrogen) atoms. The lowest BCUT2D eigenvalue weighted by atomic mass is 10.1. The predicted octanol–water partition coefficient (Wildman–Crippen LogP) is 1.55. The predicted molar refractivity (Wildman–Crippen MR) is 124 cm³/mol. The number of benzene rings is 1. The number of carbonyl (C=O) groups excluding carboxylic acids is 2. The molecule has 2 amide bonds. The molecule has 0 aliphatic carbocycles. The molecule has 0 radical (unpaired) electrons. The van der Waals surface area contributed by atoms with Gasteiger partial charge in [-0.15, -0.1) is 0 Å². The maximum Gasteiger partial charge on any atom is 0.306 e. The summed E-state index contributed by atoms with van der Waals surface area (Å²) >= 11 is 7.16. The van der Waals surface area contributed by atoms with Crippen LogP contribution in [-0.4, -0.2) is 78.7 Å². The van der Waals surface area contributed by atoms with E-state index in [0.29, 0.717) is 36.9 Å². The molecule has 4 rings (SSSR count). The third-order valence-corrected chi connectivity index (χ3v) is 6.36. The van der Waals surface area contributed by atoms with Crippen LogP contribution in [0.2, 0.25) is 5.02 Å². The molecule has 174 valence electrons. The largest absolute Gasteiger partial charge is 0.381 e. The van der Waals surface area contributed by atoms with Gasteiger partial charge in [0, 0.05) is 13.1 Å². The highest BCUT2D eigenvalue weighted by Gasteiger charge is 2.36. The number of rotatable bonds is 5. The standard InChI is InChI=1S/C19H18ClN5O6S2/c1-33(28,29)31-14-3-2-11(9-13(14)20)8-12-17(21)25-19(22-18(12)27)32-15(23-25)10-16(26)24-4-6-30-7-5-24/h2-3,8-9,21H,4-7,10H2,1H3. The van der Waals surface area contributed by atoms with E-state index in [1.165, 1.54) is 29.3 Å². The van der Waals surface area contributed by atoms with Crippen LogP contribution in [0.3, 0.4) is 0 Å². The zero-order valence-corrected chi connectivity index (χ0v) is 19.7. The summed E-state index contributed by atoms with van der Waals surface area (Å²) < 4.78 is 32.6. The van der Waals surface area contributed by atoms with Gasteiger partial charge < -0.3 is 13.8 Å². The summed E-state index contributed by atoms with van der Waals surface area (Å²) in [5.41, 5.74) is 0.405. The second-order valence-corrected chi connectivity index (χ2v) is 10.2. The van der Waals surface area contributed by atoms with Gasteiger partial charge in [-0.1, -0.05) is 17.7 Å². The average Bonchev–Trinajstić information content (AvgIpc) is 3.15. The quantitative estimate of drug-likeness (QED) is 0.463. The van der Waals surface area contributed by atoms with Crippen molar-refractivity contribution in [1.29, 1.82) is 5.41 Å². The minimum Gasteiger partial charge on any atom is -0.381 e. The van der Waals surface area contributed by atoms with Gasteiger partial charge in [0.1, 0.15) is 5.04 Å². The van der Waals surface area contributed by atoms with Gasteiger partial charge in [0.2, 0.25) is 11.1 Å². The molecular weight excluding hydrogens is 494 g/mol. The summed E-state index contributed by atoms with van der Waals surface area (Å²) in [6.07, 6.45) is 2.34. The van der Waals surface area contributed by atoms with Gasteiger partial charge in [0.15, 0.2) is 11.6 Å². The number of aliphatic imine (C=N–C) groups is 1. The number of amides is 2. The Labute approximate surface area is 198 Å². The normalized spacial score (nSPS) is 20.0. The topological polar surface area (TPSA) is 142 Å². The number of carbonyl (C=O) groups is 2. The van der Waals surface area contributed by atoms with Crippen LogP contribution in [0.1, 0.15) is 12.0 Å². The minimum atomic E-state index is -3.75. The lowest BCUT2D eigenvalue weighted by Gasteiger charge is -2.26. The summed E-state index contributed by atoms with van der Waals surface area (Å²) in [6, 6.07) is 4.25. The molecule has 11 nitrogen and oxygen atoms in total. The van der Waals surface area contributed by atoms with E-state index in [2.05, 4.69) is 10.1 Å². The number of hydrogen-bond donors (Lipinski definition) is 1. The first-order valence-electron chi connectivity index (χ1n) is 9.64. The van der Waals surface area contributed by atoms with E-state index >= 15 is 0 Å². The van der Waals surface area contributed by atoms with E-state index in [0.717, 1.165) is 18.0 Å². The third kappa shape index (κ3) is 5.43. The van der Waals surface area contributed by atoms with Crippen molar-refractivity contribution in [3.8, 4) is 5.75 Å². The van der Waals surface area contributed by atoms with Gasteiger partial charge in [0.25, 0.3) is 5.91 Å². The van der Waals surface area contributed by atoms with E-state index in [4.69, 9.17) is 25.9 Å². The fourth-order valence-corrected chi connectivity index (χ4v) is 4.78. The Morgan fingerprint density at radius 3 is 2.76 bits per heavy atom. The van der Waals surface area contributed by atoms with Crippen LogP contribution >= 0.6 is 23.4 Å². The molecule has 0 spiro atoms. The summed E-state index contributed by atoms with van der Waals surface area (Å²) in [7, 11) is -3.75. The highest BCUT2D eigenvalue weighted by molar-refractivity contribution is 8.27. The molecule has 0 aromatic heterocycles. The van der Waals surface area contributed by atoms with Gasteiger partial charge in [0.05, 0.1) is 36.5 Å². The molecule has 0 unspecified atom stereocenters. The number of hydrazone groups is 1. The number of nitrogens with one attached hydrogen (secondary N) is 1. The second-order valence-electron chi connectivity index (χ2n) is 7.16. The molecule has 1 saturated heterocycles. The first-order chi connectivity index (χ1) is 15.6. The average molecular weight is 512 g/mol. The molecule has 3 aliphatic heterocycles. The molecule has 0 bridgehead atoms. The summed E-state index contributed by atoms with van der Waals surface area (Å²) in [6.45, 7) is 2.00. The third-order valence-electron chi connectivity index (χ3n) is 4.67. The van der Waals surface area contributed by atoms with Gasteiger partial charge >= 0.3 is 10.1 Å². The minimum absolute atomic E-state index is 0.0208. The van der Waals surface area contributed by atoms with E-state index in [1.54, 1.807) is 4.90 Å². The van der Waals surface area contributed by atoms with Crippen LogP contribution in [0.25, 0.3) is 6.08 Å². The Morgan fingerprint density at radius 2 is 2.09 bits per heavy atom. The Bertz CT molecular complexity index is 1240. The Morgan fingerprint density at radius 1 is 1.36 bits per heavy atom. The maximum atomic E-state index is 12.6. The summed E-state index contributed by atoms with van der Waals surface area (Å²) in [5, 5.41) is 14.6. The fraction of sp³-hybridized carbons (Fsp3) is 0.316. The highest BCUT2D eigenvalue weighted by atomic mass is 35.5. The smallest absolute Gasteiger partial charge is 0.306 e. The van der Waals surface area contributed by atoms with Gasteiger partial charge in [-0.25, -0.2) is 0 Å². The molecule has 1 aromatic rings. The number of hydrogen-bond acceptors (Lipinski definition) is 9. The Kier molecular flexibility index (Phi) is 6.56. The van der Waals surface area contributed by atoms with Crippen LogP contribution < -0.4 is 4.18 Å². The van der Waals surface area contributed by atoms with Crippen molar-refractivity contribution in [2.45, 2.75) is 6.42 Å². The monoisotopic (exact) mass is 511 g/mol. The number of nitrogens with zero attached hydrogens (tertiary/aromatic N) is 4. The van der Waals surface area contributed by atoms with Crippen LogP contribution in [0.5, 0.6) is 5.75 Å². The molecular formula is C19H18ClN5O6S2. The van der Waals surface area contributed by atoms with Crippen molar-refractivity contribution >= 4 is 67.4 Å². The van der Waals surface area contributed by atoms with Crippen molar-refractivity contribution in [1.82, 2.24) is 9.91 Å². The molecule has 3 heterocycles. The van der Waals surface area contributed by atoms with Gasteiger partial charge in [-0.3, -0.25) is 15.0 Å². The van der Waals surface area contributed by atoms with Crippen molar-refractivity contribution in [2.24, 2.45) is 10.1 Å².